The van der Waals surface area contributed by atoms with Crippen molar-refractivity contribution in [1.29, 1.82) is 0 Å². The zero-order valence-corrected chi connectivity index (χ0v) is 15.1. The van der Waals surface area contributed by atoms with Crippen LogP contribution in [0.15, 0.2) is 60.7 Å². The number of ether oxygens (including phenoxy) is 1. The van der Waals surface area contributed by atoms with Crippen molar-refractivity contribution in [2.75, 3.05) is 26.2 Å². The largest absolute Gasteiger partial charge is 0.449 e. The van der Waals surface area contributed by atoms with E-state index in [0.29, 0.717) is 5.56 Å². The van der Waals surface area contributed by atoms with Crippen molar-refractivity contribution in [3.8, 4) is 11.8 Å². The second kappa shape index (κ2) is 9.79. The van der Waals surface area contributed by atoms with Gasteiger partial charge >= 0.3 is 5.97 Å². The molecule has 0 radical (unpaired) electrons. The number of carbonyl (C=O) groups is 1. The fourth-order valence-electron chi connectivity index (χ4n) is 3.27. The molecule has 0 N–H and O–H groups in total. The number of rotatable bonds is 5. The van der Waals surface area contributed by atoms with Gasteiger partial charge in [-0.3, -0.25) is 4.90 Å². The van der Waals surface area contributed by atoms with Gasteiger partial charge < -0.3 is 4.74 Å². The van der Waals surface area contributed by atoms with Crippen LogP contribution in [-0.4, -0.2) is 37.1 Å². The molecule has 1 fully saturated rings. The van der Waals surface area contributed by atoms with Crippen molar-refractivity contribution in [2.45, 2.75) is 19.3 Å². The topological polar surface area (TPSA) is 29.5 Å². The Morgan fingerprint density at radius 3 is 2.31 bits per heavy atom. The second-order valence-corrected chi connectivity index (χ2v) is 6.70. The Bertz CT molecular complexity index is 738. The SMILES string of the molecule is O=C(OCC#CCN1CCC(Cc2ccccc2)CC1)c1ccccc1. The fraction of sp³-hybridized carbons (Fsp3) is 0.348. The Labute approximate surface area is 156 Å². The number of carbonyl (C=O) groups excluding carboxylic acids is 1. The minimum Gasteiger partial charge on any atom is -0.449 e. The van der Waals surface area contributed by atoms with Crippen LogP contribution in [0, 0.1) is 17.8 Å². The molecule has 1 heterocycles. The van der Waals surface area contributed by atoms with Crippen molar-refractivity contribution < 1.29 is 9.53 Å². The number of piperidine rings is 1. The Hall–Kier alpha value is -2.57. The van der Waals surface area contributed by atoms with Crippen LogP contribution in [0.2, 0.25) is 0 Å². The molecule has 0 aromatic heterocycles. The van der Waals surface area contributed by atoms with Gasteiger partial charge in [0.25, 0.3) is 0 Å². The first-order valence-corrected chi connectivity index (χ1v) is 9.25. The Kier molecular flexibility index (Phi) is 6.87. The van der Waals surface area contributed by atoms with E-state index >= 15 is 0 Å². The van der Waals surface area contributed by atoms with Gasteiger partial charge in [-0.05, 0) is 56.0 Å². The molecule has 2 aromatic rings. The number of nitrogens with zero attached hydrogens (tertiary/aromatic N) is 1. The Balaban J connectivity index is 1.33. The van der Waals surface area contributed by atoms with Crippen LogP contribution in [-0.2, 0) is 11.2 Å². The van der Waals surface area contributed by atoms with Gasteiger partial charge in [0.2, 0.25) is 0 Å². The molecule has 1 aliphatic rings. The minimum atomic E-state index is -0.318. The van der Waals surface area contributed by atoms with Gasteiger partial charge in [0.1, 0.15) is 0 Å². The van der Waals surface area contributed by atoms with Crippen molar-refractivity contribution in [3.63, 3.8) is 0 Å². The van der Waals surface area contributed by atoms with Crippen LogP contribution in [0.1, 0.15) is 28.8 Å². The van der Waals surface area contributed by atoms with E-state index in [1.807, 2.05) is 18.2 Å². The molecule has 3 nitrogen and oxygen atoms in total. The maximum Gasteiger partial charge on any atom is 0.339 e. The van der Waals surface area contributed by atoms with Crippen molar-refractivity contribution in [2.24, 2.45) is 5.92 Å². The number of hydrogen-bond acceptors (Lipinski definition) is 3. The summed E-state index contributed by atoms with van der Waals surface area (Å²) in [6.45, 7) is 3.09. The van der Waals surface area contributed by atoms with Crippen LogP contribution in [0.3, 0.4) is 0 Å². The Morgan fingerprint density at radius 2 is 1.62 bits per heavy atom. The summed E-state index contributed by atoms with van der Waals surface area (Å²) in [6, 6.07) is 19.7. The van der Waals surface area contributed by atoms with Crippen LogP contribution in [0.4, 0.5) is 0 Å². The highest BCUT2D eigenvalue weighted by atomic mass is 16.5. The third kappa shape index (κ3) is 5.75. The van der Waals surface area contributed by atoms with Gasteiger partial charge in [-0.25, -0.2) is 4.79 Å². The van der Waals surface area contributed by atoms with Gasteiger partial charge in [-0.15, -0.1) is 0 Å². The summed E-state index contributed by atoms with van der Waals surface area (Å²) >= 11 is 0. The summed E-state index contributed by atoms with van der Waals surface area (Å²) in [4.78, 5) is 14.2. The lowest BCUT2D eigenvalue weighted by atomic mass is 9.90. The van der Waals surface area contributed by atoms with E-state index in [1.165, 1.54) is 24.8 Å². The number of hydrogen-bond donors (Lipinski definition) is 0. The summed E-state index contributed by atoms with van der Waals surface area (Å²) in [5.41, 5.74) is 2.00. The van der Waals surface area contributed by atoms with Gasteiger partial charge in [0, 0.05) is 0 Å². The smallest absolute Gasteiger partial charge is 0.339 e. The standard InChI is InChI=1S/C23H25NO2/c25-23(22-11-5-2-6-12-22)26-18-8-7-15-24-16-13-21(14-17-24)19-20-9-3-1-4-10-20/h1-6,9-12,21H,13-19H2. The van der Waals surface area contributed by atoms with Crippen LogP contribution >= 0.6 is 0 Å². The Morgan fingerprint density at radius 1 is 0.962 bits per heavy atom. The lowest BCUT2D eigenvalue weighted by molar-refractivity contribution is 0.0556. The first-order valence-electron chi connectivity index (χ1n) is 9.25. The van der Waals surface area contributed by atoms with E-state index in [1.54, 1.807) is 12.1 Å². The summed E-state index contributed by atoms with van der Waals surface area (Å²) in [5.74, 6) is 6.53. The molecule has 26 heavy (non-hydrogen) atoms. The molecule has 2 aromatic carbocycles. The number of benzene rings is 2. The molecule has 3 heteroatoms. The average molecular weight is 347 g/mol. The van der Waals surface area contributed by atoms with Gasteiger partial charge in [-0.2, -0.15) is 0 Å². The minimum absolute atomic E-state index is 0.151. The van der Waals surface area contributed by atoms with Crippen molar-refractivity contribution in [3.05, 3.63) is 71.8 Å². The van der Waals surface area contributed by atoms with Crippen LogP contribution in [0.25, 0.3) is 0 Å². The van der Waals surface area contributed by atoms with E-state index < -0.39 is 0 Å². The van der Waals surface area contributed by atoms with Crippen molar-refractivity contribution >= 4 is 5.97 Å². The molecule has 3 rings (SSSR count). The average Bonchev–Trinajstić information content (AvgIpc) is 2.70. The maximum absolute atomic E-state index is 11.8. The predicted octanol–water partition coefficient (Wildman–Crippen LogP) is 3.80. The first kappa shape index (κ1) is 18.2. The summed E-state index contributed by atoms with van der Waals surface area (Å²) in [6.07, 6.45) is 3.62. The number of likely N-dealkylation sites (tertiary alicyclic amines) is 1. The predicted molar refractivity (Wildman–Crippen MR) is 104 cm³/mol. The molecule has 0 atom stereocenters. The third-order valence-corrected chi connectivity index (χ3v) is 4.79. The summed E-state index contributed by atoms with van der Waals surface area (Å²) < 4.78 is 5.17. The van der Waals surface area contributed by atoms with E-state index in [-0.39, 0.29) is 12.6 Å². The monoisotopic (exact) mass is 347 g/mol. The van der Waals surface area contributed by atoms with Gasteiger partial charge in [0.15, 0.2) is 6.61 Å². The summed E-state index contributed by atoms with van der Waals surface area (Å²) in [5, 5.41) is 0. The van der Waals surface area contributed by atoms with E-state index in [0.717, 1.165) is 25.6 Å². The van der Waals surface area contributed by atoms with Crippen LogP contribution in [0.5, 0.6) is 0 Å². The highest BCUT2D eigenvalue weighted by molar-refractivity contribution is 5.89. The lowest BCUT2D eigenvalue weighted by Crippen LogP contribution is -2.34. The molecule has 0 saturated carbocycles. The first-order chi connectivity index (χ1) is 12.8. The van der Waals surface area contributed by atoms with Gasteiger partial charge in [-0.1, -0.05) is 60.4 Å². The molecule has 1 saturated heterocycles. The van der Waals surface area contributed by atoms with E-state index in [2.05, 4.69) is 47.1 Å². The number of esters is 1. The third-order valence-electron chi connectivity index (χ3n) is 4.79. The highest BCUT2D eigenvalue weighted by Gasteiger charge is 2.18. The van der Waals surface area contributed by atoms with Crippen LogP contribution < -0.4 is 0 Å². The summed E-state index contributed by atoms with van der Waals surface area (Å²) in [7, 11) is 0. The molecule has 0 aliphatic carbocycles. The van der Waals surface area contributed by atoms with E-state index in [9.17, 15) is 4.79 Å². The molecular weight excluding hydrogens is 322 g/mol. The van der Waals surface area contributed by atoms with Crippen molar-refractivity contribution in [1.82, 2.24) is 4.90 Å². The fourth-order valence-corrected chi connectivity index (χ4v) is 3.27. The van der Waals surface area contributed by atoms with E-state index in [4.69, 9.17) is 4.74 Å². The molecule has 134 valence electrons. The maximum atomic E-state index is 11.8. The molecule has 0 unspecified atom stereocenters. The molecule has 0 spiro atoms. The molecule has 1 aliphatic heterocycles. The second-order valence-electron chi connectivity index (χ2n) is 6.70. The molecule has 0 bridgehead atoms. The normalized spacial score (nSPS) is 15.1. The quantitative estimate of drug-likeness (QED) is 0.609. The molecule has 0 amide bonds. The lowest BCUT2D eigenvalue weighted by Gasteiger charge is -2.30. The van der Waals surface area contributed by atoms with Gasteiger partial charge in [0.05, 0.1) is 12.1 Å². The zero-order valence-electron chi connectivity index (χ0n) is 15.1. The zero-order chi connectivity index (χ0) is 18.0. The highest BCUT2D eigenvalue weighted by Crippen LogP contribution is 2.21. The molecular formula is C23H25NO2.